The van der Waals surface area contributed by atoms with Crippen LogP contribution in [-0.2, 0) is 19.1 Å². The number of ether oxygens (including phenoxy) is 1. The highest BCUT2D eigenvalue weighted by atomic mass is 16.6. The third kappa shape index (κ3) is 4.81. The molecular formula is C17H22O4. The summed E-state index contributed by atoms with van der Waals surface area (Å²) in [6.45, 7) is 3.44. The maximum Gasteiger partial charge on any atom is 0.303 e. The first-order valence-electron chi connectivity index (χ1n) is 7.30. The Kier molecular flexibility index (Phi) is 6.79. The first-order chi connectivity index (χ1) is 10.1. The number of ketones is 1. The Hall–Kier alpha value is -1.97. The van der Waals surface area contributed by atoms with E-state index in [9.17, 15) is 14.4 Å². The summed E-state index contributed by atoms with van der Waals surface area (Å²) < 4.78 is 5.34. The van der Waals surface area contributed by atoms with Crippen LogP contribution in [0.2, 0.25) is 0 Å². The fourth-order valence-electron chi connectivity index (χ4n) is 2.34. The fourth-order valence-corrected chi connectivity index (χ4v) is 2.34. The molecule has 0 saturated carbocycles. The van der Waals surface area contributed by atoms with Crippen LogP contribution < -0.4 is 0 Å². The molecular weight excluding hydrogens is 268 g/mol. The number of aldehydes is 1. The Morgan fingerprint density at radius 3 is 2.71 bits per heavy atom. The molecule has 1 unspecified atom stereocenters. The molecule has 0 spiro atoms. The van der Waals surface area contributed by atoms with E-state index >= 15 is 0 Å². The molecule has 0 bridgehead atoms. The maximum absolute atomic E-state index is 11.8. The molecule has 1 aliphatic rings. The van der Waals surface area contributed by atoms with Gasteiger partial charge in [-0.15, -0.1) is 0 Å². The van der Waals surface area contributed by atoms with E-state index in [0.29, 0.717) is 12.7 Å². The molecule has 1 atom stereocenters. The standard InChI is InChI=1S/C17H22O4/c1-3-4-5-6-7-8-11-17(21-14(2)19)12-9-16(20)15(17)10-13-18/h7-10,12-13H,3-6,11H2,1-2H3/b8-7-,15-10-. The summed E-state index contributed by atoms with van der Waals surface area (Å²) in [4.78, 5) is 33.8. The molecule has 1 aliphatic carbocycles. The lowest BCUT2D eigenvalue weighted by Gasteiger charge is -2.27. The molecule has 4 heteroatoms. The van der Waals surface area contributed by atoms with Crippen LogP contribution in [0.25, 0.3) is 0 Å². The number of unbranched alkanes of at least 4 members (excludes halogenated alkanes) is 3. The normalized spacial score (nSPS) is 23.1. The van der Waals surface area contributed by atoms with Crippen LogP contribution in [0.4, 0.5) is 0 Å². The van der Waals surface area contributed by atoms with Gasteiger partial charge < -0.3 is 4.74 Å². The fraction of sp³-hybridized carbons (Fsp3) is 0.471. The zero-order valence-electron chi connectivity index (χ0n) is 12.6. The van der Waals surface area contributed by atoms with Gasteiger partial charge in [-0.1, -0.05) is 31.9 Å². The van der Waals surface area contributed by atoms with Crippen LogP contribution >= 0.6 is 0 Å². The maximum atomic E-state index is 11.8. The Morgan fingerprint density at radius 2 is 2.10 bits per heavy atom. The summed E-state index contributed by atoms with van der Waals surface area (Å²) in [6.07, 6.45) is 13.3. The van der Waals surface area contributed by atoms with Crippen molar-refractivity contribution in [2.24, 2.45) is 0 Å². The lowest BCUT2D eigenvalue weighted by atomic mass is 9.92. The molecule has 0 aromatic rings. The predicted octanol–water partition coefficient (Wildman–Crippen LogP) is 3.08. The van der Waals surface area contributed by atoms with Gasteiger partial charge in [-0.25, -0.2) is 0 Å². The molecule has 0 aliphatic heterocycles. The largest absolute Gasteiger partial charge is 0.450 e. The van der Waals surface area contributed by atoms with Crippen LogP contribution in [-0.4, -0.2) is 23.6 Å². The third-order valence-corrected chi connectivity index (χ3v) is 3.35. The van der Waals surface area contributed by atoms with Crippen molar-refractivity contribution in [3.63, 3.8) is 0 Å². The minimum atomic E-state index is -1.13. The van der Waals surface area contributed by atoms with E-state index in [-0.39, 0.29) is 11.4 Å². The van der Waals surface area contributed by atoms with Gasteiger partial charge in [0, 0.05) is 13.3 Å². The van der Waals surface area contributed by atoms with Gasteiger partial charge in [0.25, 0.3) is 0 Å². The Labute approximate surface area is 125 Å². The summed E-state index contributed by atoms with van der Waals surface area (Å²) in [7, 11) is 0. The van der Waals surface area contributed by atoms with E-state index in [1.165, 1.54) is 25.5 Å². The molecule has 0 fully saturated rings. The van der Waals surface area contributed by atoms with E-state index < -0.39 is 11.6 Å². The number of hydrogen-bond donors (Lipinski definition) is 0. The van der Waals surface area contributed by atoms with Crippen molar-refractivity contribution < 1.29 is 19.1 Å². The van der Waals surface area contributed by atoms with Crippen molar-refractivity contribution in [3.8, 4) is 0 Å². The van der Waals surface area contributed by atoms with Gasteiger partial charge in [0.2, 0.25) is 0 Å². The molecule has 0 heterocycles. The van der Waals surface area contributed by atoms with Crippen molar-refractivity contribution in [3.05, 3.63) is 36.0 Å². The van der Waals surface area contributed by atoms with Gasteiger partial charge in [0.05, 0.1) is 5.57 Å². The van der Waals surface area contributed by atoms with Gasteiger partial charge in [0.15, 0.2) is 11.4 Å². The van der Waals surface area contributed by atoms with Crippen molar-refractivity contribution in [1.82, 2.24) is 0 Å². The van der Waals surface area contributed by atoms with Gasteiger partial charge in [-0.3, -0.25) is 14.4 Å². The lowest BCUT2D eigenvalue weighted by Crippen LogP contribution is -2.33. The number of hydrogen-bond acceptors (Lipinski definition) is 4. The van der Waals surface area contributed by atoms with Gasteiger partial charge in [-0.2, -0.15) is 0 Å². The second-order valence-electron chi connectivity index (χ2n) is 5.07. The van der Waals surface area contributed by atoms with E-state index in [1.807, 2.05) is 12.2 Å². The molecule has 0 saturated heterocycles. The summed E-state index contributed by atoms with van der Waals surface area (Å²) in [5.74, 6) is -0.770. The number of esters is 1. The monoisotopic (exact) mass is 290 g/mol. The van der Waals surface area contributed by atoms with Crippen molar-refractivity contribution in [1.29, 1.82) is 0 Å². The van der Waals surface area contributed by atoms with Gasteiger partial charge >= 0.3 is 5.97 Å². The highest BCUT2D eigenvalue weighted by Crippen LogP contribution is 2.34. The number of rotatable bonds is 8. The topological polar surface area (TPSA) is 60.4 Å². The molecule has 21 heavy (non-hydrogen) atoms. The zero-order valence-corrected chi connectivity index (χ0v) is 12.6. The second kappa shape index (κ2) is 8.35. The average Bonchev–Trinajstić information content (AvgIpc) is 2.72. The van der Waals surface area contributed by atoms with Crippen molar-refractivity contribution in [2.75, 3.05) is 0 Å². The number of carbonyl (C=O) groups excluding carboxylic acids is 3. The van der Waals surface area contributed by atoms with Crippen LogP contribution in [0.5, 0.6) is 0 Å². The van der Waals surface area contributed by atoms with Crippen molar-refractivity contribution in [2.45, 2.75) is 51.6 Å². The van der Waals surface area contributed by atoms with E-state index in [0.717, 1.165) is 19.3 Å². The van der Waals surface area contributed by atoms with Crippen LogP contribution in [0.3, 0.4) is 0 Å². The molecule has 0 aromatic carbocycles. The summed E-state index contributed by atoms with van der Waals surface area (Å²) >= 11 is 0. The SMILES string of the molecule is CCCCC/C=C\CC1(OC(C)=O)C=CC(=O)/C1=C/C=O. The lowest BCUT2D eigenvalue weighted by molar-refractivity contribution is -0.149. The van der Waals surface area contributed by atoms with E-state index in [1.54, 1.807) is 6.08 Å². The van der Waals surface area contributed by atoms with Crippen LogP contribution in [0.15, 0.2) is 36.0 Å². The van der Waals surface area contributed by atoms with E-state index in [4.69, 9.17) is 4.74 Å². The quantitative estimate of drug-likeness (QED) is 0.227. The average molecular weight is 290 g/mol. The minimum Gasteiger partial charge on any atom is -0.450 e. The first kappa shape index (κ1) is 17.1. The highest BCUT2D eigenvalue weighted by Gasteiger charge is 2.41. The van der Waals surface area contributed by atoms with Crippen molar-refractivity contribution >= 4 is 18.0 Å². The molecule has 0 N–H and O–H groups in total. The van der Waals surface area contributed by atoms with Gasteiger partial charge in [0.1, 0.15) is 6.29 Å². The van der Waals surface area contributed by atoms with Crippen LogP contribution in [0.1, 0.15) is 46.0 Å². The molecule has 0 aromatic heterocycles. The minimum absolute atomic E-state index is 0.214. The Bertz CT molecular complexity index is 485. The van der Waals surface area contributed by atoms with Crippen LogP contribution in [0, 0.1) is 0 Å². The second-order valence-corrected chi connectivity index (χ2v) is 5.07. The van der Waals surface area contributed by atoms with E-state index in [2.05, 4.69) is 6.92 Å². The third-order valence-electron chi connectivity index (χ3n) is 3.35. The summed E-state index contributed by atoms with van der Waals surface area (Å²) in [5, 5.41) is 0. The molecule has 0 radical (unpaired) electrons. The number of carbonyl (C=O) groups is 3. The first-order valence-corrected chi connectivity index (χ1v) is 7.30. The predicted molar refractivity (Wildman–Crippen MR) is 80.7 cm³/mol. The molecule has 4 nitrogen and oxygen atoms in total. The summed E-state index contributed by atoms with van der Waals surface area (Å²) in [6, 6.07) is 0. The number of allylic oxidation sites excluding steroid dienone is 3. The van der Waals surface area contributed by atoms with Gasteiger partial charge in [-0.05, 0) is 31.1 Å². The molecule has 1 rings (SSSR count). The zero-order chi connectivity index (χ0) is 15.7. The molecule has 0 amide bonds. The highest BCUT2D eigenvalue weighted by molar-refractivity contribution is 6.11. The Balaban J connectivity index is 2.82. The smallest absolute Gasteiger partial charge is 0.303 e. The Morgan fingerprint density at radius 1 is 1.33 bits per heavy atom. The summed E-state index contributed by atoms with van der Waals surface area (Å²) in [5.41, 5.74) is -0.920. The molecule has 114 valence electrons.